The smallest absolute Gasteiger partial charge is 0.319 e. The molecule has 2 atom stereocenters. The Morgan fingerprint density at radius 1 is 0.378 bits per heavy atom. The van der Waals surface area contributed by atoms with Gasteiger partial charge in [-0.2, -0.15) is 0 Å². The predicted octanol–water partition coefficient (Wildman–Crippen LogP) is 13.3. The Labute approximate surface area is 286 Å². The standard InChI is InChI=1S/C40H78O4S/c1-5-9-11-13-15-17-19-21-23-25-27-29-31-35-43-39(41)37(33-7-3)45-38(34-8-4)40(42)44-36-32-30-28-26-24-22-20-18-16-14-12-10-6-2/h37-38H,5-36H2,1-4H3. The number of ether oxygens (including phenoxy) is 2. The van der Waals surface area contributed by atoms with E-state index in [4.69, 9.17) is 9.47 Å². The maximum absolute atomic E-state index is 12.9. The summed E-state index contributed by atoms with van der Waals surface area (Å²) >= 11 is 1.48. The van der Waals surface area contributed by atoms with Crippen LogP contribution in [0, 0.1) is 0 Å². The second-order valence-corrected chi connectivity index (χ2v) is 14.9. The van der Waals surface area contributed by atoms with Crippen LogP contribution < -0.4 is 0 Å². The van der Waals surface area contributed by atoms with Crippen LogP contribution in [0.25, 0.3) is 0 Å². The lowest BCUT2D eigenvalue weighted by molar-refractivity contribution is -0.143. The Morgan fingerprint density at radius 3 is 0.867 bits per heavy atom. The summed E-state index contributed by atoms with van der Waals surface area (Å²) in [6, 6.07) is 0. The molecule has 0 aliphatic heterocycles. The molecule has 0 aromatic carbocycles. The fraction of sp³-hybridized carbons (Fsp3) is 0.950. The molecule has 268 valence electrons. The fourth-order valence-electron chi connectivity index (χ4n) is 5.98. The summed E-state index contributed by atoms with van der Waals surface area (Å²) in [7, 11) is 0. The quantitative estimate of drug-likeness (QED) is 0.0497. The first-order chi connectivity index (χ1) is 22.1. The maximum atomic E-state index is 12.9. The average Bonchev–Trinajstić information content (AvgIpc) is 3.04. The summed E-state index contributed by atoms with van der Waals surface area (Å²) in [5, 5.41) is -0.560. The van der Waals surface area contributed by atoms with Crippen LogP contribution in [0.3, 0.4) is 0 Å². The summed E-state index contributed by atoms with van der Waals surface area (Å²) in [6.45, 7) is 9.73. The van der Waals surface area contributed by atoms with Crippen molar-refractivity contribution in [2.75, 3.05) is 13.2 Å². The topological polar surface area (TPSA) is 52.6 Å². The molecule has 0 saturated heterocycles. The third-order valence-electron chi connectivity index (χ3n) is 8.94. The van der Waals surface area contributed by atoms with E-state index in [-0.39, 0.29) is 22.4 Å². The van der Waals surface area contributed by atoms with Crippen molar-refractivity contribution >= 4 is 23.7 Å². The molecule has 4 nitrogen and oxygen atoms in total. The molecule has 0 bridgehead atoms. The minimum atomic E-state index is -0.280. The largest absolute Gasteiger partial charge is 0.465 e. The lowest BCUT2D eigenvalue weighted by Crippen LogP contribution is -2.28. The second-order valence-electron chi connectivity index (χ2n) is 13.5. The van der Waals surface area contributed by atoms with E-state index in [0.29, 0.717) is 13.2 Å². The molecule has 0 fully saturated rings. The van der Waals surface area contributed by atoms with E-state index >= 15 is 0 Å². The number of carbonyl (C=O) groups is 2. The van der Waals surface area contributed by atoms with Gasteiger partial charge in [0.05, 0.1) is 13.2 Å². The molecule has 0 aliphatic carbocycles. The summed E-state index contributed by atoms with van der Waals surface area (Å²) in [5.74, 6) is -0.294. The lowest BCUT2D eigenvalue weighted by Gasteiger charge is -2.21. The minimum absolute atomic E-state index is 0.147. The van der Waals surface area contributed by atoms with E-state index in [1.54, 1.807) is 0 Å². The van der Waals surface area contributed by atoms with E-state index in [2.05, 4.69) is 27.7 Å². The number of hydrogen-bond acceptors (Lipinski definition) is 5. The SMILES string of the molecule is CCCCCCCCCCCCCCCOC(=O)C(CCC)SC(CCC)C(=O)OCCCCCCCCCCCCCCC. The molecule has 45 heavy (non-hydrogen) atoms. The van der Waals surface area contributed by atoms with Crippen molar-refractivity contribution in [1.82, 2.24) is 0 Å². The van der Waals surface area contributed by atoms with Gasteiger partial charge in [0.1, 0.15) is 10.5 Å². The maximum Gasteiger partial charge on any atom is 0.319 e. The Hall–Kier alpha value is -0.710. The van der Waals surface area contributed by atoms with Gasteiger partial charge in [-0.15, -0.1) is 11.8 Å². The van der Waals surface area contributed by atoms with Gasteiger partial charge in [-0.1, -0.05) is 195 Å². The highest BCUT2D eigenvalue weighted by atomic mass is 32.2. The monoisotopic (exact) mass is 655 g/mol. The van der Waals surface area contributed by atoms with Gasteiger partial charge in [-0.05, 0) is 25.7 Å². The highest BCUT2D eigenvalue weighted by Gasteiger charge is 2.29. The summed E-state index contributed by atoms with van der Waals surface area (Å²) < 4.78 is 11.4. The molecular formula is C40H78O4S. The molecule has 0 heterocycles. The van der Waals surface area contributed by atoms with Crippen molar-refractivity contribution < 1.29 is 19.1 Å². The Kier molecular flexibility index (Phi) is 35.6. The number of thioether (sulfide) groups is 1. The average molecular weight is 655 g/mol. The predicted molar refractivity (Wildman–Crippen MR) is 198 cm³/mol. The van der Waals surface area contributed by atoms with Gasteiger partial charge in [0.15, 0.2) is 0 Å². The highest BCUT2D eigenvalue weighted by Crippen LogP contribution is 2.28. The molecule has 0 amide bonds. The summed E-state index contributed by atoms with van der Waals surface area (Å²) in [6.07, 6.45) is 37.3. The van der Waals surface area contributed by atoms with Crippen molar-refractivity contribution in [2.24, 2.45) is 0 Å². The first kappa shape index (κ1) is 44.3. The summed E-state index contributed by atoms with van der Waals surface area (Å²) in [5.41, 5.74) is 0. The van der Waals surface area contributed by atoms with Crippen LogP contribution in [0.2, 0.25) is 0 Å². The van der Waals surface area contributed by atoms with Crippen LogP contribution in [-0.4, -0.2) is 35.7 Å². The molecule has 5 heteroatoms. The van der Waals surface area contributed by atoms with E-state index in [1.807, 2.05) is 0 Å². The van der Waals surface area contributed by atoms with Crippen molar-refractivity contribution in [3.05, 3.63) is 0 Å². The van der Waals surface area contributed by atoms with Crippen LogP contribution in [0.4, 0.5) is 0 Å². The zero-order valence-electron chi connectivity index (χ0n) is 30.8. The van der Waals surface area contributed by atoms with Crippen LogP contribution in [-0.2, 0) is 19.1 Å². The molecule has 0 rings (SSSR count). The number of unbranched alkanes of at least 4 members (excludes halogenated alkanes) is 24. The zero-order valence-corrected chi connectivity index (χ0v) is 31.6. The summed E-state index contributed by atoms with van der Waals surface area (Å²) in [4.78, 5) is 25.8. The molecule has 0 radical (unpaired) electrons. The van der Waals surface area contributed by atoms with Crippen molar-refractivity contribution in [1.29, 1.82) is 0 Å². The van der Waals surface area contributed by atoms with Crippen molar-refractivity contribution in [3.63, 3.8) is 0 Å². The van der Waals surface area contributed by atoms with Gasteiger partial charge in [0.2, 0.25) is 0 Å². The zero-order chi connectivity index (χ0) is 33.1. The van der Waals surface area contributed by atoms with E-state index in [0.717, 1.165) is 51.4 Å². The lowest BCUT2D eigenvalue weighted by atomic mass is 10.0. The number of esters is 2. The van der Waals surface area contributed by atoms with Crippen molar-refractivity contribution in [2.45, 2.75) is 231 Å². The normalized spacial score (nSPS) is 12.7. The van der Waals surface area contributed by atoms with Crippen LogP contribution in [0.1, 0.15) is 220 Å². The molecule has 0 aromatic rings. The molecule has 0 N–H and O–H groups in total. The Balaban J connectivity index is 4.00. The fourth-order valence-corrected chi connectivity index (χ4v) is 7.48. The van der Waals surface area contributed by atoms with Crippen LogP contribution >= 0.6 is 11.8 Å². The van der Waals surface area contributed by atoms with E-state index in [1.165, 1.54) is 153 Å². The molecule has 0 aromatic heterocycles. The van der Waals surface area contributed by atoms with Crippen molar-refractivity contribution in [3.8, 4) is 0 Å². The molecule has 0 saturated carbocycles. The van der Waals surface area contributed by atoms with Gasteiger partial charge < -0.3 is 9.47 Å². The Bertz CT molecular complexity index is 573. The first-order valence-corrected chi connectivity index (χ1v) is 21.0. The number of hydrogen-bond donors (Lipinski definition) is 0. The number of rotatable bonds is 36. The first-order valence-electron chi connectivity index (χ1n) is 20.1. The van der Waals surface area contributed by atoms with Gasteiger partial charge in [0, 0.05) is 0 Å². The molecule has 2 unspecified atom stereocenters. The second kappa shape index (κ2) is 36.1. The van der Waals surface area contributed by atoms with Crippen LogP contribution in [0.15, 0.2) is 0 Å². The Morgan fingerprint density at radius 2 is 0.622 bits per heavy atom. The van der Waals surface area contributed by atoms with Gasteiger partial charge in [0.25, 0.3) is 0 Å². The van der Waals surface area contributed by atoms with Gasteiger partial charge >= 0.3 is 11.9 Å². The number of carbonyl (C=O) groups excluding carboxylic acids is 2. The minimum Gasteiger partial charge on any atom is -0.465 e. The molecule has 0 aliphatic rings. The van der Waals surface area contributed by atoms with E-state index in [9.17, 15) is 9.59 Å². The van der Waals surface area contributed by atoms with Crippen LogP contribution in [0.5, 0.6) is 0 Å². The molecule has 0 spiro atoms. The highest BCUT2D eigenvalue weighted by molar-refractivity contribution is 8.01. The van der Waals surface area contributed by atoms with Gasteiger partial charge in [-0.3, -0.25) is 9.59 Å². The van der Waals surface area contributed by atoms with E-state index < -0.39 is 0 Å². The van der Waals surface area contributed by atoms with Gasteiger partial charge in [-0.25, -0.2) is 0 Å². The third-order valence-corrected chi connectivity index (χ3v) is 10.5. The molecular weight excluding hydrogens is 577 g/mol. The third kappa shape index (κ3) is 30.4.